The highest BCUT2D eigenvalue weighted by Crippen LogP contribution is 2.50. The van der Waals surface area contributed by atoms with Crippen LogP contribution in [0.15, 0.2) is 57.9 Å². The number of piperidine rings is 1. The molecule has 2 aliphatic rings. The van der Waals surface area contributed by atoms with Crippen molar-refractivity contribution in [2.45, 2.75) is 18.3 Å². The van der Waals surface area contributed by atoms with Crippen molar-refractivity contribution in [1.82, 2.24) is 10.1 Å². The maximum atomic E-state index is 13.5. The average Bonchev–Trinajstić information content (AvgIpc) is 3.45. The lowest BCUT2D eigenvalue weighted by Crippen LogP contribution is -2.49. The van der Waals surface area contributed by atoms with Gasteiger partial charge >= 0.3 is 0 Å². The second-order valence-corrected chi connectivity index (χ2v) is 7.67. The molecule has 0 unspecified atom stereocenters. The number of anilines is 2. The Hall–Kier alpha value is -2.93. The predicted molar refractivity (Wildman–Crippen MR) is 101 cm³/mol. The quantitative estimate of drug-likeness (QED) is 0.682. The molecule has 2 aromatic heterocycles. The van der Waals surface area contributed by atoms with Crippen LogP contribution in [0.2, 0.25) is 0 Å². The summed E-state index contributed by atoms with van der Waals surface area (Å²) in [7, 11) is 0. The molecule has 0 aliphatic carbocycles. The number of thiophene rings is 1. The fraction of sp³-hybridized carbons (Fsp3) is 0.250. The molecule has 1 aromatic carbocycles. The van der Waals surface area contributed by atoms with E-state index in [1.54, 1.807) is 22.3 Å². The number of fused-ring (bicyclic) bond motifs is 2. The Morgan fingerprint density at radius 2 is 1.96 bits per heavy atom. The maximum absolute atomic E-state index is 13.5. The third kappa shape index (κ3) is 2.35. The van der Waals surface area contributed by atoms with Crippen LogP contribution in [-0.4, -0.2) is 35.0 Å². The van der Waals surface area contributed by atoms with Gasteiger partial charge in [-0.3, -0.25) is 14.5 Å². The number of carbonyl (C=O) groups is 2. The third-order valence-corrected chi connectivity index (χ3v) is 6.26. The molecule has 0 bridgehead atoms. The minimum Gasteiger partial charge on any atom is -0.351 e. The molecule has 136 valence electrons. The van der Waals surface area contributed by atoms with Gasteiger partial charge in [0.1, 0.15) is 0 Å². The van der Waals surface area contributed by atoms with Gasteiger partial charge in [-0.2, -0.15) is 11.3 Å². The minimum absolute atomic E-state index is 0.105. The van der Waals surface area contributed by atoms with Gasteiger partial charge in [0.05, 0.1) is 23.0 Å². The van der Waals surface area contributed by atoms with E-state index < -0.39 is 5.41 Å². The third-order valence-electron chi connectivity index (χ3n) is 5.59. The number of benzene rings is 1. The van der Waals surface area contributed by atoms with Crippen LogP contribution in [0.5, 0.6) is 0 Å². The van der Waals surface area contributed by atoms with Crippen molar-refractivity contribution in [2.24, 2.45) is 0 Å². The highest BCUT2D eigenvalue weighted by Gasteiger charge is 2.52. The van der Waals surface area contributed by atoms with Crippen molar-refractivity contribution in [3.8, 4) is 0 Å². The fourth-order valence-corrected chi connectivity index (χ4v) is 4.83. The number of rotatable bonds is 2. The molecule has 7 heteroatoms. The topological polar surface area (TPSA) is 66.7 Å². The van der Waals surface area contributed by atoms with Crippen LogP contribution in [0.25, 0.3) is 0 Å². The van der Waals surface area contributed by atoms with E-state index in [4.69, 9.17) is 4.52 Å². The van der Waals surface area contributed by atoms with Gasteiger partial charge in [-0.1, -0.05) is 23.4 Å². The molecule has 0 radical (unpaired) electrons. The molecular formula is C20H17N3O3S. The largest absolute Gasteiger partial charge is 0.351 e. The van der Waals surface area contributed by atoms with Gasteiger partial charge in [-0.15, -0.1) is 0 Å². The minimum atomic E-state index is -0.573. The number of amides is 2. The van der Waals surface area contributed by atoms with Gasteiger partial charge in [0.25, 0.3) is 5.91 Å². The number of para-hydroxylation sites is 1. The number of carbonyl (C=O) groups excluding carboxylic acids is 2. The van der Waals surface area contributed by atoms with Gasteiger partial charge in [0, 0.05) is 24.5 Å². The second kappa shape index (κ2) is 6.06. The lowest BCUT2D eigenvalue weighted by atomic mass is 9.73. The Kier molecular flexibility index (Phi) is 3.65. The summed E-state index contributed by atoms with van der Waals surface area (Å²) in [5.41, 5.74) is 2.36. The molecule has 1 fully saturated rings. The first kappa shape index (κ1) is 16.3. The first-order valence-electron chi connectivity index (χ1n) is 8.87. The van der Waals surface area contributed by atoms with Crippen LogP contribution >= 0.6 is 11.3 Å². The molecule has 1 spiro atoms. The Morgan fingerprint density at radius 1 is 1.15 bits per heavy atom. The first-order valence-corrected chi connectivity index (χ1v) is 9.81. The normalized spacial score (nSPS) is 18.1. The number of aromatic nitrogens is 1. The molecule has 0 saturated carbocycles. The molecule has 0 N–H and O–H groups in total. The second-order valence-electron chi connectivity index (χ2n) is 6.89. The Labute approximate surface area is 160 Å². The molecule has 2 aliphatic heterocycles. The molecular weight excluding hydrogens is 362 g/mol. The highest BCUT2D eigenvalue weighted by molar-refractivity contribution is 7.08. The maximum Gasteiger partial charge on any atom is 0.292 e. The van der Waals surface area contributed by atoms with Crippen LogP contribution in [0.1, 0.15) is 29.0 Å². The van der Waals surface area contributed by atoms with E-state index in [-0.39, 0.29) is 17.6 Å². The van der Waals surface area contributed by atoms with Gasteiger partial charge in [-0.05, 0) is 35.9 Å². The summed E-state index contributed by atoms with van der Waals surface area (Å²) in [6.07, 6.45) is 2.67. The predicted octanol–water partition coefficient (Wildman–Crippen LogP) is 3.59. The number of nitrogens with zero attached hydrogens (tertiary/aromatic N) is 3. The van der Waals surface area contributed by atoms with Crippen LogP contribution < -0.4 is 4.90 Å². The summed E-state index contributed by atoms with van der Waals surface area (Å²) in [4.78, 5) is 29.7. The number of hydrogen-bond donors (Lipinski definition) is 0. The smallest absolute Gasteiger partial charge is 0.292 e. The Balaban J connectivity index is 1.47. The lowest BCUT2D eigenvalue weighted by molar-refractivity contribution is -0.124. The summed E-state index contributed by atoms with van der Waals surface area (Å²) in [6.45, 7) is 1.02. The molecule has 2 amide bonds. The summed E-state index contributed by atoms with van der Waals surface area (Å²) in [5, 5.41) is 7.58. The van der Waals surface area contributed by atoms with Gasteiger partial charge in [0.15, 0.2) is 0 Å². The zero-order valence-corrected chi connectivity index (χ0v) is 15.3. The van der Waals surface area contributed by atoms with Gasteiger partial charge in [-0.25, -0.2) is 0 Å². The van der Waals surface area contributed by atoms with Crippen LogP contribution in [0, 0.1) is 0 Å². The number of likely N-dealkylation sites (tertiary alicyclic amines) is 1. The standard InChI is InChI=1S/C20H17N3O3S/c24-18(17-5-9-21-26-17)22-10-7-20(8-11-22)15-3-1-2-4-16(15)23(19(20)25)14-6-12-27-13-14/h1-6,9,12-13H,7-8,10-11H2. The fourth-order valence-electron chi connectivity index (χ4n) is 4.21. The molecule has 6 nitrogen and oxygen atoms in total. The van der Waals surface area contributed by atoms with E-state index in [9.17, 15) is 9.59 Å². The molecule has 27 heavy (non-hydrogen) atoms. The average molecular weight is 379 g/mol. The molecule has 0 atom stereocenters. The molecule has 4 heterocycles. The van der Waals surface area contributed by atoms with E-state index in [1.807, 2.05) is 46.0 Å². The van der Waals surface area contributed by atoms with Crippen molar-refractivity contribution in [2.75, 3.05) is 18.0 Å². The van der Waals surface area contributed by atoms with Gasteiger partial charge < -0.3 is 9.42 Å². The number of hydrogen-bond acceptors (Lipinski definition) is 5. The van der Waals surface area contributed by atoms with Crippen LogP contribution in [-0.2, 0) is 10.2 Å². The van der Waals surface area contributed by atoms with Crippen molar-refractivity contribution < 1.29 is 14.1 Å². The highest BCUT2D eigenvalue weighted by atomic mass is 32.1. The van der Waals surface area contributed by atoms with E-state index in [0.29, 0.717) is 25.9 Å². The molecule has 5 rings (SSSR count). The summed E-state index contributed by atoms with van der Waals surface area (Å²) >= 11 is 1.58. The zero-order valence-electron chi connectivity index (χ0n) is 14.5. The van der Waals surface area contributed by atoms with Crippen molar-refractivity contribution in [3.05, 3.63) is 64.7 Å². The summed E-state index contributed by atoms with van der Waals surface area (Å²) < 4.78 is 4.99. The Morgan fingerprint density at radius 3 is 2.67 bits per heavy atom. The molecule has 3 aromatic rings. The lowest BCUT2D eigenvalue weighted by Gasteiger charge is -2.38. The van der Waals surface area contributed by atoms with E-state index >= 15 is 0 Å². The van der Waals surface area contributed by atoms with Crippen LogP contribution in [0.3, 0.4) is 0 Å². The van der Waals surface area contributed by atoms with Crippen molar-refractivity contribution in [3.63, 3.8) is 0 Å². The van der Waals surface area contributed by atoms with Crippen molar-refractivity contribution in [1.29, 1.82) is 0 Å². The monoisotopic (exact) mass is 379 g/mol. The SMILES string of the molecule is O=C(c1ccno1)N1CCC2(CC1)C(=O)N(c1ccsc1)c1ccccc12. The molecule has 1 saturated heterocycles. The van der Waals surface area contributed by atoms with E-state index in [2.05, 4.69) is 5.16 Å². The van der Waals surface area contributed by atoms with Crippen molar-refractivity contribution >= 4 is 34.5 Å². The van der Waals surface area contributed by atoms with E-state index in [0.717, 1.165) is 16.9 Å². The zero-order chi connectivity index (χ0) is 18.4. The Bertz CT molecular complexity index is 989. The summed E-state index contributed by atoms with van der Waals surface area (Å²) in [6, 6.07) is 11.5. The first-order chi connectivity index (χ1) is 13.2. The van der Waals surface area contributed by atoms with E-state index in [1.165, 1.54) is 6.20 Å². The summed E-state index contributed by atoms with van der Waals surface area (Å²) in [5.74, 6) is 0.175. The van der Waals surface area contributed by atoms with Gasteiger partial charge in [0.2, 0.25) is 11.7 Å². The van der Waals surface area contributed by atoms with Crippen LogP contribution in [0.4, 0.5) is 11.4 Å².